The fourth-order valence-electron chi connectivity index (χ4n) is 4.94. The molecule has 2 atom stereocenters. The molecular weight excluding hydrogens is 598 g/mol. The summed E-state index contributed by atoms with van der Waals surface area (Å²) in [6.07, 6.45) is 0.282. The molecule has 0 aliphatic carbocycles. The molecule has 258 valence electrons. The van der Waals surface area contributed by atoms with Crippen molar-refractivity contribution in [3.05, 3.63) is 24.3 Å². The third-order valence-corrected chi connectivity index (χ3v) is 8.17. The number of nitrogens with two attached hydrogens (primary N) is 2. The van der Waals surface area contributed by atoms with Crippen molar-refractivity contribution in [2.45, 2.75) is 32.7 Å². The van der Waals surface area contributed by atoms with Gasteiger partial charge in [-0.2, -0.15) is 0 Å². The molecule has 2 rings (SSSR count). The summed E-state index contributed by atoms with van der Waals surface area (Å²) >= 11 is 0. The number of amides is 1. The molecule has 0 unspecified atom stereocenters. The van der Waals surface area contributed by atoms with E-state index < -0.39 is 36.3 Å². The number of benzene rings is 1. The molecule has 0 bridgehead atoms. The van der Waals surface area contributed by atoms with Crippen molar-refractivity contribution in [1.29, 1.82) is 0 Å². The largest absolute Gasteiger partial charge is 0.468 e. The number of Topliss-reactive ketones (excluding diaryl/α,β-unsaturated/α-hetero) is 1. The van der Waals surface area contributed by atoms with Gasteiger partial charge in [-0.15, -0.1) is 0 Å². The SMILES string of the molecule is CC[C@H](C)[C@H](N)C(=O)CC(=O)N(c1ccc(N)cc1)N1CCN(CC(=O)OC)CCN(CC(=O)OC)CCN(CC(=O)OC)CC1. The van der Waals surface area contributed by atoms with Crippen LogP contribution in [0.25, 0.3) is 0 Å². The Bertz CT molecular complexity index is 1120. The van der Waals surface area contributed by atoms with Crippen molar-refractivity contribution in [3.8, 4) is 0 Å². The van der Waals surface area contributed by atoms with Crippen LogP contribution in [0.4, 0.5) is 11.4 Å². The van der Waals surface area contributed by atoms with Crippen LogP contribution in [-0.4, -0.2) is 149 Å². The summed E-state index contributed by atoms with van der Waals surface area (Å²) in [5.74, 6) is -2.19. The van der Waals surface area contributed by atoms with Crippen molar-refractivity contribution < 1.29 is 38.2 Å². The maximum Gasteiger partial charge on any atom is 0.319 e. The Morgan fingerprint density at radius 1 is 0.739 bits per heavy atom. The van der Waals surface area contributed by atoms with E-state index >= 15 is 0 Å². The molecule has 15 heteroatoms. The van der Waals surface area contributed by atoms with Crippen molar-refractivity contribution >= 4 is 41.0 Å². The molecule has 0 spiro atoms. The molecule has 1 aromatic rings. The number of hydrazine groups is 1. The normalized spacial score (nSPS) is 17.5. The third kappa shape index (κ3) is 12.6. The van der Waals surface area contributed by atoms with E-state index in [0.717, 1.165) is 0 Å². The molecule has 1 aromatic carbocycles. The molecule has 0 radical (unpaired) electrons. The Labute approximate surface area is 271 Å². The molecule has 46 heavy (non-hydrogen) atoms. The van der Waals surface area contributed by atoms with Crippen LogP contribution in [0.1, 0.15) is 26.7 Å². The molecule has 1 fully saturated rings. The highest BCUT2D eigenvalue weighted by Gasteiger charge is 2.30. The van der Waals surface area contributed by atoms with E-state index in [-0.39, 0.29) is 44.4 Å². The fourth-order valence-corrected chi connectivity index (χ4v) is 4.94. The Balaban J connectivity index is 2.49. The molecule has 15 nitrogen and oxygen atoms in total. The summed E-state index contributed by atoms with van der Waals surface area (Å²) < 4.78 is 14.7. The van der Waals surface area contributed by atoms with Gasteiger partial charge in [0.25, 0.3) is 0 Å². The van der Waals surface area contributed by atoms with Gasteiger partial charge in [0.1, 0.15) is 0 Å². The highest BCUT2D eigenvalue weighted by Crippen LogP contribution is 2.21. The van der Waals surface area contributed by atoms with Crippen LogP contribution in [0.2, 0.25) is 0 Å². The summed E-state index contributed by atoms with van der Waals surface area (Å²) in [5.41, 5.74) is 13.1. The first-order chi connectivity index (χ1) is 21.9. The maximum atomic E-state index is 14.0. The van der Waals surface area contributed by atoms with Gasteiger partial charge in [-0.3, -0.25) is 38.7 Å². The standard InChI is InChI=1S/C31H51N7O8/c1-6-23(2)31(33)26(39)19-27(40)38(25-9-7-24(32)8-10-25)37-17-15-35(21-29(42)45-4)13-11-34(20-28(41)44-3)12-14-36(16-18-37)22-30(43)46-5/h7-10,23,31H,6,11-22,32-33H2,1-5H3/t23-,31-/m0/s1. The molecule has 1 heterocycles. The first-order valence-electron chi connectivity index (χ1n) is 15.5. The van der Waals surface area contributed by atoms with Crippen LogP contribution in [0.3, 0.4) is 0 Å². The van der Waals surface area contributed by atoms with E-state index in [1.807, 2.05) is 28.5 Å². The number of hydrogen-bond donors (Lipinski definition) is 2. The second kappa shape index (κ2) is 19.8. The lowest BCUT2D eigenvalue weighted by Crippen LogP contribution is -2.55. The Morgan fingerprint density at radius 2 is 1.13 bits per heavy atom. The second-order valence-corrected chi connectivity index (χ2v) is 11.4. The molecule has 1 aliphatic rings. The van der Waals surface area contributed by atoms with Crippen molar-refractivity contribution in [1.82, 2.24) is 19.7 Å². The van der Waals surface area contributed by atoms with Gasteiger partial charge in [0, 0.05) is 58.0 Å². The fraction of sp³-hybridized carbons (Fsp3) is 0.645. The lowest BCUT2D eigenvalue weighted by atomic mass is 9.94. The van der Waals surface area contributed by atoms with E-state index in [2.05, 4.69) is 0 Å². The summed E-state index contributed by atoms with van der Waals surface area (Å²) in [4.78, 5) is 69.6. The van der Waals surface area contributed by atoms with Crippen molar-refractivity contribution in [3.63, 3.8) is 0 Å². The number of esters is 3. The number of carbonyl (C=O) groups excluding carboxylic acids is 5. The van der Waals surface area contributed by atoms with E-state index in [0.29, 0.717) is 57.1 Å². The molecular formula is C31H51N7O8. The van der Waals surface area contributed by atoms with Crippen LogP contribution < -0.4 is 16.5 Å². The molecule has 0 aromatic heterocycles. The van der Waals surface area contributed by atoms with Gasteiger partial charge in [0.05, 0.1) is 59.1 Å². The smallest absolute Gasteiger partial charge is 0.319 e. The number of nitrogen functional groups attached to an aromatic ring is 1. The first kappa shape index (κ1) is 38.6. The molecule has 1 amide bonds. The minimum absolute atomic E-state index is 0.0110. The van der Waals surface area contributed by atoms with Crippen LogP contribution in [0.15, 0.2) is 24.3 Å². The number of rotatable bonds is 13. The van der Waals surface area contributed by atoms with Gasteiger partial charge in [-0.1, -0.05) is 20.3 Å². The number of anilines is 2. The molecule has 1 aliphatic heterocycles. The predicted octanol–water partition coefficient (Wildman–Crippen LogP) is -0.410. The number of hydrogen-bond acceptors (Lipinski definition) is 14. The lowest BCUT2D eigenvalue weighted by Gasteiger charge is -2.38. The number of ketones is 1. The van der Waals surface area contributed by atoms with Crippen LogP contribution in [-0.2, 0) is 38.2 Å². The first-order valence-corrected chi connectivity index (χ1v) is 15.5. The number of methoxy groups -OCH3 is 3. The van der Waals surface area contributed by atoms with Crippen molar-refractivity contribution in [2.75, 3.05) is 104 Å². The van der Waals surface area contributed by atoms with Crippen LogP contribution in [0.5, 0.6) is 0 Å². The van der Waals surface area contributed by atoms with Gasteiger partial charge in [0.2, 0.25) is 5.91 Å². The van der Waals surface area contributed by atoms with Crippen molar-refractivity contribution in [2.24, 2.45) is 11.7 Å². The Morgan fingerprint density at radius 3 is 1.50 bits per heavy atom. The molecule has 4 N–H and O–H groups in total. The monoisotopic (exact) mass is 649 g/mol. The summed E-state index contributed by atoms with van der Waals surface area (Å²) in [5, 5.41) is 3.26. The van der Waals surface area contributed by atoms with Crippen LogP contribution >= 0.6 is 0 Å². The second-order valence-electron chi connectivity index (χ2n) is 11.4. The van der Waals surface area contributed by atoms with E-state index in [1.165, 1.54) is 26.3 Å². The van der Waals surface area contributed by atoms with E-state index in [4.69, 9.17) is 25.7 Å². The zero-order valence-corrected chi connectivity index (χ0v) is 27.8. The van der Waals surface area contributed by atoms with Gasteiger partial charge in [0.15, 0.2) is 5.78 Å². The van der Waals surface area contributed by atoms with E-state index in [1.54, 1.807) is 29.3 Å². The minimum Gasteiger partial charge on any atom is -0.468 e. The third-order valence-electron chi connectivity index (χ3n) is 8.17. The minimum atomic E-state index is -0.785. The van der Waals surface area contributed by atoms with E-state index in [9.17, 15) is 24.0 Å². The zero-order valence-electron chi connectivity index (χ0n) is 27.8. The Hall–Kier alpha value is -3.63. The predicted molar refractivity (Wildman–Crippen MR) is 172 cm³/mol. The van der Waals surface area contributed by atoms with Gasteiger partial charge in [-0.25, -0.2) is 10.0 Å². The summed E-state index contributed by atoms with van der Waals surface area (Å²) in [6, 6.07) is 5.95. The average molecular weight is 650 g/mol. The maximum absolute atomic E-state index is 14.0. The zero-order chi connectivity index (χ0) is 34.2. The molecule has 1 saturated heterocycles. The molecule has 0 saturated carbocycles. The average Bonchev–Trinajstić information content (AvgIpc) is 3.05. The van der Waals surface area contributed by atoms with Gasteiger partial charge in [-0.05, 0) is 30.2 Å². The quantitative estimate of drug-likeness (QED) is 0.122. The number of carbonyl (C=O) groups is 5. The summed E-state index contributed by atoms with van der Waals surface area (Å²) in [7, 11) is 3.95. The highest BCUT2D eigenvalue weighted by molar-refractivity contribution is 6.06. The van der Waals surface area contributed by atoms with Gasteiger partial charge < -0.3 is 25.7 Å². The lowest BCUT2D eigenvalue weighted by molar-refractivity contribution is -0.144. The van der Waals surface area contributed by atoms with Crippen LogP contribution in [0, 0.1) is 5.92 Å². The number of ether oxygens (including phenoxy) is 3. The Kier molecular flexibility index (Phi) is 16.6. The highest BCUT2D eigenvalue weighted by atomic mass is 16.5. The summed E-state index contributed by atoms with van der Waals surface area (Å²) in [6.45, 7) is 6.65. The topological polar surface area (TPSA) is 181 Å². The van der Waals surface area contributed by atoms with Gasteiger partial charge >= 0.3 is 17.9 Å². The number of nitrogens with zero attached hydrogens (tertiary/aromatic N) is 5.